The molecule has 7 heteroatoms. The molecule has 2 aromatic rings. The maximum absolute atomic E-state index is 12.8. The van der Waals surface area contributed by atoms with Crippen LogP contribution in [0.25, 0.3) is 6.08 Å². The number of phenolic OH excluding ortho intramolecular Hbond substituents is 1. The van der Waals surface area contributed by atoms with Crippen LogP contribution in [0.4, 0.5) is 5.69 Å². The molecular weight excluding hydrogens is 469 g/mol. The van der Waals surface area contributed by atoms with Gasteiger partial charge in [-0.05, 0) is 65.4 Å². The molecule has 0 aliphatic carbocycles. The first-order valence-electron chi connectivity index (χ1n) is 7.49. The second-order valence-corrected chi connectivity index (χ2v) is 7.97. The number of benzene rings is 2. The van der Waals surface area contributed by atoms with Crippen LogP contribution < -0.4 is 9.64 Å². The minimum atomic E-state index is -0.151. The van der Waals surface area contributed by atoms with Crippen LogP contribution in [-0.2, 0) is 4.79 Å². The molecule has 4 nitrogen and oxygen atoms in total. The number of hydrogen-bond acceptors (Lipinski definition) is 5. The first kappa shape index (κ1) is 18.2. The Hall–Kier alpha value is -1.58. The molecule has 1 N–H and O–H groups in total. The van der Waals surface area contributed by atoms with E-state index in [0.717, 1.165) is 11.3 Å². The lowest BCUT2D eigenvalue weighted by atomic mass is 10.2. The number of halogens is 1. The highest BCUT2D eigenvalue weighted by molar-refractivity contribution is 14.1. The summed E-state index contributed by atoms with van der Waals surface area (Å²) in [6.07, 6.45) is 1.77. The number of phenols is 1. The molecule has 0 aromatic heterocycles. The maximum Gasteiger partial charge on any atom is 0.270 e. The number of thioether (sulfide) groups is 1. The highest BCUT2D eigenvalue weighted by Crippen LogP contribution is 2.38. The van der Waals surface area contributed by atoms with Gasteiger partial charge in [0.15, 0.2) is 15.8 Å². The number of aromatic hydroxyl groups is 1. The molecule has 0 atom stereocenters. The highest BCUT2D eigenvalue weighted by Gasteiger charge is 2.33. The SMILES string of the molecule is CCOc1cc(/C=C2/SC(=S)N(c3ccccc3)C2=O)cc(I)c1O. The van der Waals surface area contributed by atoms with E-state index < -0.39 is 0 Å². The van der Waals surface area contributed by atoms with Crippen LogP contribution in [0.1, 0.15) is 12.5 Å². The molecule has 1 heterocycles. The summed E-state index contributed by atoms with van der Waals surface area (Å²) in [6, 6.07) is 12.9. The van der Waals surface area contributed by atoms with E-state index in [4.69, 9.17) is 17.0 Å². The van der Waals surface area contributed by atoms with Gasteiger partial charge in [0.2, 0.25) is 0 Å². The number of amides is 1. The maximum atomic E-state index is 12.8. The molecule has 1 amide bonds. The molecule has 0 unspecified atom stereocenters. The number of para-hydroxylation sites is 1. The van der Waals surface area contributed by atoms with Crippen LogP contribution in [0.5, 0.6) is 11.5 Å². The third kappa shape index (κ3) is 3.83. The van der Waals surface area contributed by atoms with Gasteiger partial charge in [-0.25, -0.2) is 0 Å². The van der Waals surface area contributed by atoms with Gasteiger partial charge in [0, 0.05) is 0 Å². The van der Waals surface area contributed by atoms with Gasteiger partial charge < -0.3 is 9.84 Å². The molecule has 1 aliphatic heterocycles. The van der Waals surface area contributed by atoms with Crippen molar-refractivity contribution in [3.63, 3.8) is 0 Å². The zero-order valence-electron chi connectivity index (χ0n) is 13.2. The summed E-state index contributed by atoms with van der Waals surface area (Å²) >= 11 is 8.67. The van der Waals surface area contributed by atoms with Crippen molar-refractivity contribution in [1.29, 1.82) is 0 Å². The Balaban J connectivity index is 1.95. The van der Waals surface area contributed by atoms with Gasteiger partial charge in [0.25, 0.3) is 5.91 Å². The van der Waals surface area contributed by atoms with Gasteiger partial charge in [-0.3, -0.25) is 9.69 Å². The van der Waals surface area contributed by atoms with E-state index in [1.165, 1.54) is 16.7 Å². The molecule has 1 aliphatic rings. The summed E-state index contributed by atoms with van der Waals surface area (Å²) in [4.78, 5) is 14.8. The quantitative estimate of drug-likeness (QED) is 0.385. The van der Waals surface area contributed by atoms with Crippen LogP contribution in [0.2, 0.25) is 0 Å². The fourth-order valence-electron chi connectivity index (χ4n) is 2.36. The van der Waals surface area contributed by atoms with Crippen molar-refractivity contribution < 1.29 is 14.6 Å². The Labute approximate surface area is 169 Å². The molecule has 0 spiro atoms. The van der Waals surface area contributed by atoms with E-state index in [2.05, 4.69) is 0 Å². The molecule has 128 valence electrons. The summed E-state index contributed by atoms with van der Waals surface area (Å²) in [5.41, 5.74) is 1.53. The first-order chi connectivity index (χ1) is 12.0. The number of carbonyl (C=O) groups is 1. The lowest BCUT2D eigenvalue weighted by Crippen LogP contribution is -2.27. The Morgan fingerprint density at radius 3 is 2.72 bits per heavy atom. The van der Waals surface area contributed by atoms with Gasteiger partial charge in [-0.1, -0.05) is 42.2 Å². The van der Waals surface area contributed by atoms with Crippen LogP contribution in [-0.4, -0.2) is 21.9 Å². The highest BCUT2D eigenvalue weighted by atomic mass is 127. The zero-order valence-corrected chi connectivity index (χ0v) is 17.0. The molecule has 0 bridgehead atoms. The smallest absolute Gasteiger partial charge is 0.270 e. The summed E-state index contributed by atoms with van der Waals surface area (Å²) < 4.78 is 6.61. The Kier molecular flexibility index (Phi) is 5.65. The first-order valence-corrected chi connectivity index (χ1v) is 9.80. The lowest BCUT2D eigenvalue weighted by molar-refractivity contribution is -0.113. The number of ether oxygens (including phenoxy) is 1. The number of hydrogen-bond donors (Lipinski definition) is 1. The Morgan fingerprint density at radius 2 is 2.04 bits per heavy atom. The van der Waals surface area contributed by atoms with Gasteiger partial charge in [0.05, 0.1) is 20.8 Å². The topological polar surface area (TPSA) is 49.8 Å². The molecule has 1 fully saturated rings. The molecule has 1 saturated heterocycles. The van der Waals surface area contributed by atoms with E-state index >= 15 is 0 Å². The number of nitrogens with zero attached hydrogens (tertiary/aromatic N) is 1. The van der Waals surface area contributed by atoms with Gasteiger partial charge in [-0.15, -0.1) is 0 Å². The van der Waals surface area contributed by atoms with Crippen LogP contribution in [0, 0.1) is 3.57 Å². The molecule has 0 radical (unpaired) electrons. The second-order valence-electron chi connectivity index (χ2n) is 5.14. The van der Waals surface area contributed by atoms with Gasteiger partial charge >= 0.3 is 0 Å². The van der Waals surface area contributed by atoms with Crippen molar-refractivity contribution in [1.82, 2.24) is 0 Å². The van der Waals surface area contributed by atoms with Crippen LogP contribution >= 0.6 is 46.6 Å². The minimum Gasteiger partial charge on any atom is -0.504 e. The number of carbonyl (C=O) groups excluding carboxylic acids is 1. The zero-order chi connectivity index (χ0) is 18.0. The van der Waals surface area contributed by atoms with Crippen LogP contribution in [0.15, 0.2) is 47.4 Å². The summed E-state index contributed by atoms with van der Waals surface area (Å²) in [7, 11) is 0. The van der Waals surface area contributed by atoms with Crippen molar-refractivity contribution in [2.75, 3.05) is 11.5 Å². The van der Waals surface area contributed by atoms with Crippen molar-refractivity contribution in [2.24, 2.45) is 0 Å². The molecule has 2 aromatic carbocycles. The van der Waals surface area contributed by atoms with Crippen molar-refractivity contribution in [3.05, 3.63) is 56.5 Å². The van der Waals surface area contributed by atoms with E-state index in [-0.39, 0.29) is 11.7 Å². The van der Waals surface area contributed by atoms with E-state index in [1.807, 2.05) is 59.8 Å². The monoisotopic (exact) mass is 483 g/mol. The molecule has 0 saturated carbocycles. The average Bonchev–Trinajstić information content (AvgIpc) is 2.87. The van der Waals surface area contributed by atoms with E-state index in [1.54, 1.807) is 18.2 Å². The van der Waals surface area contributed by atoms with E-state index in [0.29, 0.717) is 25.2 Å². The summed E-state index contributed by atoms with van der Waals surface area (Å²) in [6.45, 7) is 2.30. The largest absolute Gasteiger partial charge is 0.504 e. The number of thiocarbonyl (C=S) groups is 1. The van der Waals surface area contributed by atoms with Crippen molar-refractivity contribution in [3.8, 4) is 11.5 Å². The van der Waals surface area contributed by atoms with Gasteiger partial charge in [-0.2, -0.15) is 0 Å². The third-order valence-electron chi connectivity index (χ3n) is 3.46. The third-order valence-corrected chi connectivity index (χ3v) is 5.58. The fraction of sp³-hybridized carbons (Fsp3) is 0.111. The van der Waals surface area contributed by atoms with Crippen molar-refractivity contribution >= 4 is 68.6 Å². The molecular formula is C18H14INO3S2. The van der Waals surface area contributed by atoms with Gasteiger partial charge in [0.1, 0.15) is 0 Å². The summed E-state index contributed by atoms with van der Waals surface area (Å²) in [5.74, 6) is 0.359. The minimum absolute atomic E-state index is 0.108. The summed E-state index contributed by atoms with van der Waals surface area (Å²) in [5, 5.41) is 10.0. The normalized spacial score (nSPS) is 15.9. The molecule has 25 heavy (non-hydrogen) atoms. The standard InChI is InChI=1S/C18H14INO3S2/c1-2-23-14-9-11(8-13(19)16(14)21)10-15-17(22)20(18(24)25-15)12-6-4-3-5-7-12/h3-10,21H,2H2,1H3/b15-10+. The lowest BCUT2D eigenvalue weighted by Gasteiger charge is -2.13. The predicted octanol–water partition coefficient (Wildman–Crippen LogP) is 4.80. The fourth-order valence-corrected chi connectivity index (χ4v) is 4.29. The van der Waals surface area contributed by atoms with Crippen LogP contribution in [0.3, 0.4) is 0 Å². The predicted molar refractivity (Wildman–Crippen MR) is 114 cm³/mol. The van der Waals surface area contributed by atoms with E-state index in [9.17, 15) is 9.90 Å². The van der Waals surface area contributed by atoms with Crippen molar-refractivity contribution in [2.45, 2.75) is 6.92 Å². The number of rotatable bonds is 4. The molecule has 3 rings (SSSR count). The Bertz CT molecular complexity index is 868. The number of anilines is 1. The Morgan fingerprint density at radius 1 is 1.32 bits per heavy atom. The average molecular weight is 483 g/mol. The second kappa shape index (κ2) is 7.76.